The summed E-state index contributed by atoms with van der Waals surface area (Å²) in [6, 6.07) is 14.4. The number of carbonyl (C=O) groups is 2. The summed E-state index contributed by atoms with van der Waals surface area (Å²) in [6.45, 7) is 1.85. The highest BCUT2D eigenvalue weighted by atomic mass is 32.1. The van der Waals surface area contributed by atoms with E-state index in [4.69, 9.17) is 0 Å². The lowest BCUT2D eigenvalue weighted by atomic mass is 9.81. The van der Waals surface area contributed by atoms with Gasteiger partial charge in [0.15, 0.2) is 0 Å². The number of fused-ring (bicyclic) bond motifs is 4. The molecule has 6 heteroatoms. The van der Waals surface area contributed by atoms with E-state index >= 15 is 0 Å². The lowest BCUT2D eigenvalue weighted by Gasteiger charge is -2.42. The molecule has 2 aliphatic heterocycles. The molecule has 5 nitrogen and oxygen atoms in total. The van der Waals surface area contributed by atoms with E-state index in [0.29, 0.717) is 6.42 Å². The monoisotopic (exact) mass is 378 g/mol. The van der Waals surface area contributed by atoms with Crippen molar-refractivity contribution >= 4 is 33.4 Å². The molecule has 2 aliphatic rings. The van der Waals surface area contributed by atoms with Gasteiger partial charge in [-0.2, -0.15) is 0 Å². The third kappa shape index (κ3) is 2.04. The fraction of sp³-hybridized carbons (Fsp3) is 0.238. The Hall–Kier alpha value is -2.86. The van der Waals surface area contributed by atoms with Gasteiger partial charge in [-0.1, -0.05) is 30.3 Å². The van der Waals surface area contributed by atoms with Crippen LogP contribution in [0.15, 0.2) is 48.5 Å². The third-order valence-corrected chi connectivity index (χ3v) is 7.00. The van der Waals surface area contributed by atoms with Crippen molar-refractivity contribution < 1.29 is 14.7 Å². The molecule has 1 fully saturated rings. The number of imide groups is 1. The highest BCUT2D eigenvalue weighted by Gasteiger charge is 2.59. The number of rotatable bonds is 1. The van der Waals surface area contributed by atoms with Crippen molar-refractivity contribution in [1.82, 2.24) is 9.80 Å². The predicted molar refractivity (Wildman–Crippen MR) is 104 cm³/mol. The minimum absolute atomic E-state index is 0.147. The van der Waals surface area contributed by atoms with Crippen LogP contribution in [-0.4, -0.2) is 39.4 Å². The van der Waals surface area contributed by atoms with Gasteiger partial charge < -0.3 is 5.11 Å². The second-order valence-corrected chi connectivity index (χ2v) is 8.49. The van der Waals surface area contributed by atoms with Crippen LogP contribution in [0.4, 0.5) is 4.79 Å². The quantitative estimate of drug-likeness (QED) is 0.653. The van der Waals surface area contributed by atoms with Crippen LogP contribution < -0.4 is 0 Å². The molecule has 0 spiro atoms. The molecule has 136 valence electrons. The SMILES string of the molecule is CN1C(=O)N2[C@H](c3cccc(O)c3)c3sc4ccccc4c3C[C@@]2(C)C1=O. The van der Waals surface area contributed by atoms with Gasteiger partial charge in [0.1, 0.15) is 11.3 Å². The predicted octanol–water partition coefficient (Wildman–Crippen LogP) is 3.91. The van der Waals surface area contributed by atoms with E-state index in [1.807, 2.05) is 25.1 Å². The minimum Gasteiger partial charge on any atom is -0.508 e. The topological polar surface area (TPSA) is 60.9 Å². The van der Waals surface area contributed by atoms with Crippen LogP contribution >= 0.6 is 11.3 Å². The van der Waals surface area contributed by atoms with Gasteiger partial charge in [-0.05, 0) is 41.6 Å². The Morgan fingerprint density at radius 2 is 1.93 bits per heavy atom. The number of phenols is 1. The first-order valence-corrected chi connectivity index (χ1v) is 9.64. The van der Waals surface area contributed by atoms with Crippen molar-refractivity contribution in [3.05, 3.63) is 64.5 Å². The van der Waals surface area contributed by atoms with E-state index in [0.717, 1.165) is 26.1 Å². The highest BCUT2D eigenvalue weighted by molar-refractivity contribution is 7.19. The number of phenolic OH excluding ortho intramolecular Hbond substituents is 1. The summed E-state index contributed by atoms with van der Waals surface area (Å²) >= 11 is 1.66. The lowest BCUT2D eigenvalue weighted by molar-refractivity contribution is -0.132. The zero-order valence-electron chi connectivity index (χ0n) is 15.0. The van der Waals surface area contributed by atoms with E-state index in [1.165, 1.54) is 4.90 Å². The maximum absolute atomic E-state index is 13.0. The largest absolute Gasteiger partial charge is 0.508 e. The molecule has 0 unspecified atom stereocenters. The van der Waals surface area contributed by atoms with E-state index in [1.54, 1.807) is 41.5 Å². The van der Waals surface area contributed by atoms with Crippen LogP contribution in [0, 0.1) is 0 Å². The number of amides is 3. The molecule has 0 bridgehead atoms. The van der Waals surface area contributed by atoms with Gasteiger partial charge >= 0.3 is 6.03 Å². The molecule has 3 aromatic rings. The molecule has 0 saturated carbocycles. The Labute approximate surface area is 160 Å². The van der Waals surface area contributed by atoms with Crippen molar-refractivity contribution in [2.24, 2.45) is 0 Å². The number of hydrogen-bond acceptors (Lipinski definition) is 4. The van der Waals surface area contributed by atoms with Gasteiger partial charge in [-0.3, -0.25) is 14.6 Å². The lowest BCUT2D eigenvalue weighted by Crippen LogP contribution is -2.53. The van der Waals surface area contributed by atoms with Gasteiger partial charge in [-0.15, -0.1) is 11.3 Å². The van der Waals surface area contributed by atoms with Crippen molar-refractivity contribution in [3.8, 4) is 5.75 Å². The van der Waals surface area contributed by atoms with E-state index in [9.17, 15) is 14.7 Å². The number of likely N-dealkylation sites (N-methyl/N-ethyl adjacent to an activating group) is 1. The summed E-state index contributed by atoms with van der Waals surface area (Å²) in [4.78, 5) is 30.0. The molecule has 1 N–H and O–H groups in total. The van der Waals surface area contributed by atoms with Crippen LogP contribution in [0.25, 0.3) is 10.1 Å². The summed E-state index contributed by atoms with van der Waals surface area (Å²) in [5.74, 6) is -0.0349. The van der Waals surface area contributed by atoms with Crippen LogP contribution in [0.3, 0.4) is 0 Å². The molecule has 3 heterocycles. The molecular weight excluding hydrogens is 360 g/mol. The van der Waals surface area contributed by atoms with Crippen molar-refractivity contribution in [2.45, 2.75) is 24.9 Å². The molecule has 1 saturated heterocycles. The van der Waals surface area contributed by atoms with E-state index < -0.39 is 11.6 Å². The molecule has 0 radical (unpaired) electrons. The summed E-state index contributed by atoms with van der Waals surface area (Å²) in [6.07, 6.45) is 0.497. The Kier molecular flexibility index (Phi) is 3.22. The number of aromatic hydroxyl groups is 1. The second-order valence-electron chi connectivity index (χ2n) is 7.41. The van der Waals surface area contributed by atoms with Gasteiger partial charge in [-0.25, -0.2) is 4.79 Å². The third-order valence-electron chi connectivity index (χ3n) is 5.73. The number of hydrogen-bond donors (Lipinski definition) is 1. The standard InChI is InChI=1S/C21H18N2O3S/c1-21-11-15-14-8-3-4-9-16(14)27-18(15)17(12-6-5-7-13(24)10-12)23(21)20(26)22(2)19(21)25/h3-10,17,24H,11H2,1-2H3/t17-,21+/m1/s1. The fourth-order valence-corrected chi connectivity index (χ4v) is 5.80. The summed E-state index contributed by atoms with van der Waals surface area (Å²) < 4.78 is 1.14. The molecular formula is C21H18N2O3S. The normalized spacial score (nSPS) is 24.4. The van der Waals surface area contributed by atoms with Crippen LogP contribution in [0.2, 0.25) is 0 Å². The van der Waals surface area contributed by atoms with Crippen LogP contribution in [0.1, 0.15) is 29.0 Å². The number of carbonyl (C=O) groups excluding carboxylic acids is 2. The van der Waals surface area contributed by atoms with Crippen LogP contribution in [0.5, 0.6) is 5.75 Å². The molecule has 0 aliphatic carbocycles. The Balaban J connectivity index is 1.83. The van der Waals surface area contributed by atoms with E-state index in [-0.39, 0.29) is 17.7 Å². The molecule has 2 aromatic carbocycles. The average molecular weight is 378 g/mol. The van der Waals surface area contributed by atoms with Gasteiger partial charge in [0, 0.05) is 23.0 Å². The van der Waals surface area contributed by atoms with Gasteiger partial charge in [0.25, 0.3) is 5.91 Å². The maximum Gasteiger partial charge on any atom is 0.328 e. The number of urea groups is 1. The van der Waals surface area contributed by atoms with E-state index in [2.05, 4.69) is 12.1 Å². The van der Waals surface area contributed by atoms with Crippen molar-refractivity contribution in [2.75, 3.05) is 7.05 Å². The van der Waals surface area contributed by atoms with Crippen LogP contribution in [-0.2, 0) is 11.2 Å². The molecule has 5 rings (SSSR count). The van der Waals surface area contributed by atoms with Gasteiger partial charge in [0.05, 0.1) is 6.04 Å². The Morgan fingerprint density at radius 3 is 2.70 bits per heavy atom. The van der Waals surface area contributed by atoms with Crippen molar-refractivity contribution in [3.63, 3.8) is 0 Å². The summed E-state index contributed by atoms with van der Waals surface area (Å²) in [5, 5.41) is 11.2. The number of benzene rings is 2. The Bertz CT molecular complexity index is 1120. The minimum atomic E-state index is -0.932. The zero-order chi connectivity index (χ0) is 18.9. The molecule has 2 atom stereocenters. The maximum atomic E-state index is 13.0. The van der Waals surface area contributed by atoms with Crippen molar-refractivity contribution in [1.29, 1.82) is 0 Å². The fourth-order valence-electron chi connectivity index (χ4n) is 4.46. The number of thiophene rings is 1. The smallest absolute Gasteiger partial charge is 0.328 e. The average Bonchev–Trinajstić information content (AvgIpc) is 3.09. The first-order chi connectivity index (χ1) is 12.9. The first kappa shape index (κ1) is 16.3. The highest BCUT2D eigenvalue weighted by Crippen LogP contribution is 2.51. The Morgan fingerprint density at radius 1 is 1.15 bits per heavy atom. The second kappa shape index (κ2) is 5.33. The molecule has 27 heavy (non-hydrogen) atoms. The van der Waals surface area contributed by atoms with Gasteiger partial charge in [0.2, 0.25) is 0 Å². The zero-order valence-corrected chi connectivity index (χ0v) is 15.8. The summed E-state index contributed by atoms with van der Waals surface area (Å²) in [7, 11) is 1.54. The summed E-state index contributed by atoms with van der Waals surface area (Å²) in [5.41, 5.74) is 1.00. The first-order valence-electron chi connectivity index (χ1n) is 8.82. The number of nitrogens with zero attached hydrogens (tertiary/aromatic N) is 2. The molecule has 3 amide bonds. The molecule has 1 aromatic heterocycles.